The van der Waals surface area contributed by atoms with E-state index in [2.05, 4.69) is 5.32 Å². The third kappa shape index (κ3) is 3.91. The third-order valence-corrected chi connectivity index (χ3v) is 4.58. The summed E-state index contributed by atoms with van der Waals surface area (Å²) >= 11 is 0. The van der Waals surface area contributed by atoms with Crippen LogP contribution in [0.4, 0.5) is 0 Å². The standard InChI is InChI=1S/C21H24N2O2/c1-15(24)13-17(16-7-4-3-5-8-16)14-22-21(25)19-9-6-10-20-18(19)11-12-23(20)2/h3-12,15,17,24H,13-14H2,1-2H3,(H,22,25). The first-order valence-electron chi connectivity index (χ1n) is 8.61. The summed E-state index contributed by atoms with van der Waals surface area (Å²) in [5.74, 6) is 0.00319. The van der Waals surface area contributed by atoms with Gasteiger partial charge in [-0.1, -0.05) is 36.4 Å². The third-order valence-electron chi connectivity index (χ3n) is 4.58. The van der Waals surface area contributed by atoms with E-state index in [0.717, 1.165) is 16.5 Å². The van der Waals surface area contributed by atoms with Crippen LogP contribution in [0, 0.1) is 0 Å². The lowest BCUT2D eigenvalue weighted by Gasteiger charge is -2.20. The minimum absolute atomic E-state index is 0.0803. The van der Waals surface area contributed by atoms with E-state index in [4.69, 9.17) is 0 Å². The number of hydrogen-bond acceptors (Lipinski definition) is 2. The van der Waals surface area contributed by atoms with Gasteiger partial charge in [-0.3, -0.25) is 4.79 Å². The summed E-state index contributed by atoms with van der Waals surface area (Å²) in [7, 11) is 1.97. The molecule has 3 aromatic rings. The van der Waals surface area contributed by atoms with Crippen molar-refractivity contribution in [2.75, 3.05) is 6.54 Å². The van der Waals surface area contributed by atoms with Gasteiger partial charge in [0.25, 0.3) is 5.91 Å². The highest BCUT2D eigenvalue weighted by atomic mass is 16.3. The van der Waals surface area contributed by atoms with Gasteiger partial charge in [0.05, 0.1) is 6.10 Å². The topological polar surface area (TPSA) is 54.3 Å². The highest BCUT2D eigenvalue weighted by Crippen LogP contribution is 2.22. The van der Waals surface area contributed by atoms with E-state index in [1.807, 2.05) is 72.4 Å². The summed E-state index contributed by atoms with van der Waals surface area (Å²) in [5, 5.41) is 13.8. The van der Waals surface area contributed by atoms with Gasteiger partial charge in [-0.25, -0.2) is 0 Å². The molecule has 1 heterocycles. The molecule has 0 bridgehead atoms. The van der Waals surface area contributed by atoms with Crippen molar-refractivity contribution in [3.8, 4) is 0 Å². The summed E-state index contributed by atoms with van der Waals surface area (Å²) < 4.78 is 2.01. The lowest BCUT2D eigenvalue weighted by atomic mass is 9.93. The van der Waals surface area contributed by atoms with E-state index < -0.39 is 6.10 Å². The molecule has 0 aliphatic rings. The van der Waals surface area contributed by atoms with Gasteiger partial charge < -0.3 is 15.0 Å². The molecule has 25 heavy (non-hydrogen) atoms. The van der Waals surface area contributed by atoms with E-state index in [9.17, 15) is 9.90 Å². The lowest BCUT2D eigenvalue weighted by Crippen LogP contribution is -2.29. The van der Waals surface area contributed by atoms with E-state index >= 15 is 0 Å². The fraction of sp³-hybridized carbons (Fsp3) is 0.286. The minimum Gasteiger partial charge on any atom is -0.393 e. The number of carbonyl (C=O) groups excluding carboxylic acids is 1. The van der Waals surface area contributed by atoms with Crippen molar-refractivity contribution in [3.05, 3.63) is 71.9 Å². The number of nitrogens with zero attached hydrogens (tertiary/aromatic N) is 1. The maximum atomic E-state index is 12.7. The molecule has 3 rings (SSSR count). The molecule has 0 aliphatic heterocycles. The van der Waals surface area contributed by atoms with Crippen molar-refractivity contribution in [3.63, 3.8) is 0 Å². The molecule has 1 aromatic heterocycles. The Balaban J connectivity index is 1.77. The molecule has 2 aromatic carbocycles. The van der Waals surface area contributed by atoms with Gasteiger partial charge in [0.2, 0.25) is 0 Å². The van der Waals surface area contributed by atoms with Crippen LogP contribution < -0.4 is 5.32 Å². The largest absolute Gasteiger partial charge is 0.393 e. The maximum absolute atomic E-state index is 12.7. The molecule has 0 spiro atoms. The number of amides is 1. The Bertz CT molecular complexity index is 853. The Labute approximate surface area is 148 Å². The molecule has 1 amide bonds. The van der Waals surface area contributed by atoms with Crippen LogP contribution in [0.15, 0.2) is 60.8 Å². The first-order chi connectivity index (χ1) is 12.1. The van der Waals surface area contributed by atoms with Gasteiger partial charge in [0.1, 0.15) is 0 Å². The summed E-state index contributed by atoms with van der Waals surface area (Å²) in [6, 6.07) is 17.7. The van der Waals surface area contributed by atoms with Crippen LogP contribution in [0.2, 0.25) is 0 Å². The fourth-order valence-electron chi connectivity index (χ4n) is 3.29. The fourth-order valence-corrected chi connectivity index (χ4v) is 3.29. The molecule has 0 saturated heterocycles. The van der Waals surface area contributed by atoms with E-state index in [-0.39, 0.29) is 11.8 Å². The van der Waals surface area contributed by atoms with E-state index in [0.29, 0.717) is 18.5 Å². The smallest absolute Gasteiger partial charge is 0.251 e. The van der Waals surface area contributed by atoms with Crippen LogP contribution in [0.3, 0.4) is 0 Å². The molecule has 0 aliphatic carbocycles. The first kappa shape index (κ1) is 17.2. The zero-order valence-corrected chi connectivity index (χ0v) is 14.6. The van der Waals surface area contributed by atoms with Crippen LogP contribution >= 0.6 is 0 Å². The normalized spacial score (nSPS) is 13.6. The van der Waals surface area contributed by atoms with Gasteiger partial charge in [0, 0.05) is 42.2 Å². The summed E-state index contributed by atoms with van der Waals surface area (Å²) in [5.41, 5.74) is 2.85. The maximum Gasteiger partial charge on any atom is 0.251 e. The van der Waals surface area contributed by atoms with Gasteiger partial charge in [0.15, 0.2) is 0 Å². The lowest BCUT2D eigenvalue weighted by molar-refractivity contribution is 0.0947. The molecule has 2 N–H and O–H groups in total. The van der Waals surface area contributed by atoms with Gasteiger partial charge >= 0.3 is 0 Å². The Morgan fingerprint density at radius 2 is 1.88 bits per heavy atom. The monoisotopic (exact) mass is 336 g/mol. The molecular formula is C21H24N2O2. The van der Waals surface area contributed by atoms with E-state index in [1.54, 1.807) is 6.92 Å². The van der Waals surface area contributed by atoms with Crippen molar-refractivity contribution in [2.24, 2.45) is 7.05 Å². The average molecular weight is 336 g/mol. The van der Waals surface area contributed by atoms with Crippen LogP contribution in [-0.4, -0.2) is 28.2 Å². The number of rotatable bonds is 6. The molecule has 2 unspecified atom stereocenters. The highest BCUT2D eigenvalue weighted by Gasteiger charge is 2.17. The summed E-state index contributed by atoms with van der Waals surface area (Å²) in [6.45, 7) is 2.28. The number of fused-ring (bicyclic) bond motifs is 1. The zero-order valence-electron chi connectivity index (χ0n) is 14.6. The van der Waals surface area contributed by atoms with Crippen LogP contribution in [0.5, 0.6) is 0 Å². The average Bonchev–Trinajstić information content (AvgIpc) is 3.00. The number of hydrogen-bond donors (Lipinski definition) is 2. The molecule has 2 atom stereocenters. The quantitative estimate of drug-likeness (QED) is 0.724. The first-order valence-corrected chi connectivity index (χ1v) is 8.61. The molecule has 130 valence electrons. The molecule has 4 nitrogen and oxygen atoms in total. The minimum atomic E-state index is -0.417. The Morgan fingerprint density at radius 1 is 1.12 bits per heavy atom. The number of aliphatic hydroxyl groups is 1. The summed E-state index contributed by atoms with van der Waals surface area (Å²) in [6.07, 6.45) is 2.15. The van der Waals surface area contributed by atoms with Gasteiger partial charge in [-0.05, 0) is 37.1 Å². The number of aliphatic hydroxyl groups excluding tert-OH is 1. The second kappa shape index (κ2) is 7.53. The Morgan fingerprint density at radius 3 is 2.60 bits per heavy atom. The van der Waals surface area contributed by atoms with Crippen LogP contribution in [0.1, 0.15) is 35.2 Å². The summed E-state index contributed by atoms with van der Waals surface area (Å²) in [4.78, 5) is 12.7. The SMILES string of the molecule is CC(O)CC(CNC(=O)c1cccc2c1ccn2C)c1ccccc1. The predicted octanol–water partition coefficient (Wildman–Crippen LogP) is 3.46. The Kier molecular flexibility index (Phi) is 5.19. The van der Waals surface area contributed by atoms with Crippen molar-refractivity contribution >= 4 is 16.8 Å². The van der Waals surface area contributed by atoms with Gasteiger partial charge in [-0.2, -0.15) is 0 Å². The second-order valence-electron chi connectivity index (χ2n) is 6.57. The van der Waals surface area contributed by atoms with Crippen molar-refractivity contribution in [1.82, 2.24) is 9.88 Å². The number of aryl methyl sites for hydroxylation is 1. The zero-order chi connectivity index (χ0) is 17.8. The van der Waals surface area contributed by atoms with Crippen molar-refractivity contribution in [1.29, 1.82) is 0 Å². The van der Waals surface area contributed by atoms with Crippen molar-refractivity contribution < 1.29 is 9.90 Å². The molecule has 0 saturated carbocycles. The number of benzene rings is 2. The predicted molar refractivity (Wildman–Crippen MR) is 101 cm³/mol. The molecular weight excluding hydrogens is 312 g/mol. The van der Waals surface area contributed by atoms with Crippen LogP contribution in [-0.2, 0) is 7.05 Å². The van der Waals surface area contributed by atoms with Crippen LogP contribution in [0.25, 0.3) is 10.9 Å². The highest BCUT2D eigenvalue weighted by molar-refractivity contribution is 6.06. The molecule has 4 heteroatoms. The number of carbonyl (C=O) groups is 1. The molecule has 0 radical (unpaired) electrons. The molecule has 0 fully saturated rings. The number of nitrogens with one attached hydrogen (secondary N) is 1. The van der Waals surface area contributed by atoms with E-state index in [1.165, 1.54) is 0 Å². The number of aromatic nitrogens is 1. The second-order valence-corrected chi connectivity index (χ2v) is 6.57. The van der Waals surface area contributed by atoms with Gasteiger partial charge in [-0.15, -0.1) is 0 Å². The Hall–Kier alpha value is -2.59. The van der Waals surface area contributed by atoms with Crippen molar-refractivity contribution in [2.45, 2.75) is 25.4 Å².